The molecule has 2 aromatic rings. The highest BCUT2D eigenvalue weighted by molar-refractivity contribution is 6.42. The third-order valence-electron chi connectivity index (χ3n) is 4.67. The van der Waals surface area contributed by atoms with Gasteiger partial charge in [0.15, 0.2) is 0 Å². The molecule has 0 aromatic heterocycles. The van der Waals surface area contributed by atoms with E-state index in [-0.39, 0.29) is 5.91 Å². The quantitative estimate of drug-likeness (QED) is 0.601. The number of fused-ring (bicyclic) bond motifs is 1. The first-order chi connectivity index (χ1) is 13.5. The zero-order chi connectivity index (χ0) is 19.9. The molecular weight excluding hydrogens is 397 g/mol. The zero-order valence-electron chi connectivity index (χ0n) is 15.9. The van der Waals surface area contributed by atoms with Crippen LogP contribution in [0.1, 0.15) is 17.5 Å². The van der Waals surface area contributed by atoms with Crippen molar-refractivity contribution in [3.8, 4) is 5.75 Å². The second-order valence-corrected chi connectivity index (χ2v) is 7.70. The lowest BCUT2D eigenvalue weighted by molar-refractivity contribution is -0.116. The number of likely N-dealkylation sites (N-methyl/N-ethyl adjacent to an activating group) is 1. The van der Waals surface area contributed by atoms with Gasteiger partial charge in [0.05, 0.1) is 10.0 Å². The van der Waals surface area contributed by atoms with Crippen molar-refractivity contribution >= 4 is 34.8 Å². The van der Waals surface area contributed by atoms with E-state index >= 15 is 0 Å². The number of anilines is 1. The number of nitrogens with zero attached hydrogens (tertiary/aromatic N) is 1. The van der Waals surface area contributed by atoms with Gasteiger partial charge in [-0.05, 0) is 36.7 Å². The maximum absolute atomic E-state index is 11.5. The summed E-state index contributed by atoms with van der Waals surface area (Å²) < 4.78 is 5.78. The number of halogens is 2. The van der Waals surface area contributed by atoms with Gasteiger partial charge in [-0.25, -0.2) is 0 Å². The molecule has 1 amide bonds. The molecule has 7 heteroatoms. The third kappa shape index (κ3) is 5.85. The van der Waals surface area contributed by atoms with Crippen molar-refractivity contribution in [1.29, 1.82) is 0 Å². The van der Waals surface area contributed by atoms with Crippen LogP contribution in [0.15, 0.2) is 36.4 Å². The first-order valence-electron chi connectivity index (χ1n) is 9.40. The molecule has 2 N–H and O–H groups in total. The van der Waals surface area contributed by atoms with Crippen molar-refractivity contribution < 1.29 is 9.53 Å². The summed E-state index contributed by atoms with van der Waals surface area (Å²) in [4.78, 5) is 13.7. The second kappa shape index (κ2) is 10.1. The Balaban J connectivity index is 1.33. The summed E-state index contributed by atoms with van der Waals surface area (Å²) >= 11 is 12.3. The molecule has 3 rings (SSSR count). The molecule has 0 saturated carbocycles. The lowest BCUT2D eigenvalue weighted by Gasteiger charge is -2.19. The lowest BCUT2D eigenvalue weighted by atomic mass is 10.0. The molecule has 1 heterocycles. The Kier molecular flexibility index (Phi) is 7.57. The van der Waals surface area contributed by atoms with E-state index in [4.69, 9.17) is 27.9 Å². The Labute approximate surface area is 176 Å². The van der Waals surface area contributed by atoms with E-state index in [0.29, 0.717) is 23.1 Å². The van der Waals surface area contributed by atoms with Gasteiger partial charge in [-0.1, -0.05) is 41.4 Å². The molecule has 0 spiro atoms. The van der Waals surface area contributed by atoms with Crippen LogP contribution in [0.4, 0.5) is 5.69 Å². The number of carbonyl (C=O) groups is 1. The fraction of sp³-hybridized carbons (Fsp3) is 0.381. The predicted molar refractivity (Wildman–Crippen MR) is 115 cm³/mol. The van der Waals surface area contributed by atoms with Gasteiger partial charge in [-0.2, -0.15) is 0 Å². The van der Waals surface area contributed by atoms with Gasteiger partial charge in [0.1, 0.15) is 12.4 Å². The van der Waals surface area contributed by atoms with Crippen molar-refractivity contribution in [3.05, 3.63) is 57.6 Å². The number of aryl methyl sites for hydroxylation is 1. The van der Waals surface area contributed by atoms with E-state index in [1.165, 1.54) is 0 Å². The Morgan fingerprint density at radius 3 is 2.89 bits per heavy atom. The molecule has 2 aromatic carbocycles. The Morgan fingerprint density at radius 2 is 2.04 bits per heavy atom. The van der Waals surface area contributed by atoms with E-state index in [1.807, 2.05) is 30.3 Å². The number of rotatable bonds is 9. The maximum Gasteiger partial charge on any atom is 0.224 e. The van der Waals surface area contributed by atoms with Gasteiger partial charge >= 0.3 is 0 Å². The van der Waals surface area contributed by atoms with Gasteiger partial charge in [-0.3, -0.25) is 4.79 Å². The monoisotopic (exact) mass is 421 g/mol. The molecule has 0 unspecified atom stereocenters. The number of amides is 1. The van der Waals surface area contributed by atoms with Crippen molar-refractivity contribution in [2.45, 2.75) is 19.4 Å². The van der Waals surface area contributed by atoms with Crippen molar-refractivity contribution in [1.82, 2.24) is 10.2 Å². The molecule has 1 aliphatic rings. The number of ether oxygens (including phenoxy) is 1. The normalized spacial score (nSPS) is 13.4. The van der Waals surface area contributed by atoms with Gasteiger partial charge in [0.25, 0.3) is 0 Å². The molecule has 0 radical (unpaired) electrons. The van der Waals surface area contributed by atoms with E-state index < -0.39 is 0 Å². The van der Waals surface area contributed by atoms with Crippen molar-refractivity contribution in [2.75, 3.05) is 38.6 Å². The van der Waals surface area contributed by atoms with Crippen LogP contribution in [-0.2, 0) is 17.8 Å². The fourth-order valence-corrected chi connectivity index (χ4v) is 3.50. The van der Waals surface area contributed by atoms with Crippen LogP contribution in [0.3, 0.4) is 0 Å². The predicted octanol–water partition coefficient (Wildman–Crippen LogP) is 3.98. The number of benzene rings is 2. The van der Waals surface area contributed by atoms with Crippen molar-refractivity contribution in [2.24, 2.45) is 0 Å². The average Bonchev–Trinajstić information content (AvgIpc) is 2.68. The fourth-order valence-electron chi connectivity index (χ4n) is 3.12. The molecule has 5 nitrogen and oxygen atoms in total. The van der Waals surface area contributed by atoms with Crippen LogP contribution in [-0.4, -0.2) is 44.1 Å². The van der Waals surface area contributed by atoms with Crippen LogP contribution < -0.4 is 15.4 Å². The summed E-state index contributed by atoms with van der Waals surface area (Å²) in [6.07, 6.45) is 1.34. The summed E-state index contributed by atoms with van der Waals surface area (Å²) in [5.74, 6) is 0.838. The third-order valence-corrected chi connectivity index (χ3v) is 5.52. The highest BCUT2D eigenvalue weighted by atomic mass is 35.5. The highest BCUT2D eigenvalue weighted by Gasteiger charge is 2.15. The van der Waals surface area contributed by atoms with Gasteiger partial charge in [-0.15, -0.1) is 0 Å². The number of hydrogen-bond acceptors (Lipinski definition) is 4. The maximum atomic E-state index is 11.5. The zero-order valence-corrected chi connectivity index (χ0v) is 17.4. The molecular formula is C21H25Cl2N3O2. The summed E-state index contributed by atoms with van der Waals surface area (Å²) in [6, 6.07) is 11.6. The van der Waals surface area contributed by atoms with Crippen LogP contribution in [0.5, 0.6) is 5.75 Å². The molecule has 28 heavy (non-hydrogen) atoms. The SMILES string of the molecule is CN(CCNCCOc1ccc2c(c1)NC(=O)CC2)Cc1cccc(Cl)c1Cl. The average molecular weight is 422 g/mol. The van der Waals surface area contributed by atoms with Crippen LogP contribution >= 0.6 is 23.2 Å². The molecule has 0 fully saturated rings. The Morgan fingerprint density at radius 1 is 1.18 bits per heavy atom. The van der Waals surface area contributed by atoms with Crippen LogP contribution in [0, 0.1) is 0 Å². The Bertz CT molecular complexity index is 829. The topological polar surface area (TPSA) is 53.6 Å². The summed E-state index contributed by atoms with van der Waals surface area (Å²) in [5.41, 5.74) is 3.05. The van der Waals surface area contributed by atoms with Crippen molar-refractivity contribution in [3.63, 3.8) is 0 Å². The summed E-state index contributed by atoms with van der Waals surface area (Å²) in [7, 11) is 2.05. The molecule has 0 atom stereocenters. The highest BCUT2D eigenvalue weighted by Crippen LogP contribution is 2.27. The van der Waals surface area contributed by atoms with E-state index in [9.17, 15) is 4.79 Å². The molecule has 0 aliphatic carbocycles. The largest absolute Gasteiger partial charge is 0.492 e. The molecule has 1 aliphatic heterocycles. The summed E-state index contributed by atoms with van der Waals surface area (Å²) in [5, 5.41) is 7.48. The van der Waals surface area contributed by atoms with Crippen LogP contribution in [0.25, 0.3) is 0 Å². The number of hydrogen-bond donors (Lipinski definition) is 2. The smallest absolute Gasteiger partial charge is 0.224 e. The number of carbonyl (C=O) groups excluding carboxylic acids is 1. The van der Waals surface area contributed by atoms with Gasteiger partial charge in [0.2, 0.25) is 5.91 Å². The minimum absolute atomic E-state index is 0.0643. The first kappa shape index (κ1) is 20.9. The van der Waals surface area contributed by atoms with Crippen LogP contribution in [0.2, 0.25) is 10.0 Å². The minimum Gasteiger partial charge on any atom is -0.492 e. The van der Waals surface area contributed by atoms with Gasteiger partial charge in [0, 0.05) is 44.4 Å². The van der Waals surface area contributed by atoms with Gasteiger partial charge < -0.3 is 20.3 Å². The van der Waals surface area contributed by atoms with E-state index in [0.717, 1.165) is 55.2 Å². The molecule has 0 saturated heterocycles. The summed E-state index contributed by atoms with van der Waals surface area (Å²) in [6.45, 7) is 3.79. The lowest BCUT2D eigenvalue weighted by Crippen LogP contribution is -2.31. The van der Waals surface area contributed by atoms with E-state index in [2.05, 4.69) is 22.6 Å². The first-order valence-corrected chi connectivity index (χ1v) is 10.2. The number of nitrogens with one attached hydrogen (secondary N) is 2. The molecule has 0 bridgehead atoms. The minimum atomic E-state index is 0.0643. The van der Waals surface area contributed by atoms with E-state index in [1.54, 1.807) is 6.07 Å². The Hall–Kier alpha value is -1.79. The second-order valence-electron chi connectivity index (χ2n) is 6.92. The standard InChI is InChI=1S/C21H25Cl2N3O2/c1-26(14-16-3-2-4-18(22)21(16)23)11-9-24-10-12-28-17-7-5-15-6-8-20(27)25-19(15)13-17/h2-5,7,13,24H,6,8-12,14H2,1H3,(H,25,27). The molecule has 150 valence electrons.